The van der Waals surface area contributed by atoms with Gasteiger partial charge >= 0.3 is 0 Å². The minimum Gasteiger partial charge on any atom is -0.492 e. The molecule has 3 fully saturated rings. The lowest BCUT2D eigenvalue weighted by molar-refractivity contribution is -0.922. The van der Waals surface area contributed by atoms with E-state index in [1.807, 2.05) is 0 Å². The van der Waals surface area contributed by atoms with Gasteiger partial charge in [0, 0.05) is 6.42 Å². The van der Waals surface area contributed by atoms with Gasteiger partial charge in [-0.05, 0) is 103 Å². The lowest BCUT2D eigenvalue weighted by Crippen LogP contribution is -2.54. The SMILES string of the molecule is COc1c2c(cc3c1C(CC(=O)C1=CC[C@H]4[C@@H]5CC[C@H]6C[C@H](O)CC[C@]6(C)[C@H]5CC[C@]14C)[N+](C)(C)CC3)OCO2. The Morgan fingerprint density at radius 2 is 1.95 bits per heavy atom. The number of ketones is 1. The molecule has 218 valence electrons. The van der Waals surface area contributed by atoms with E-state index in [1.165, 1.54) is 24.8 Å². The molecule has 1 N–H and O–H groups in total. The minimum atomic E-state index is -0.104. The van der Waals surface area contributed by atoms with Crippen molar-refractivity contribution in [2.24, 2.45) is 34.5 Å². The molecule has 1 aromatic rings. The molecule has 1 aromatic carbocycles. The number of rotatable bonds is 4. The Morgan fingerprint density at radius 3 is 2.75 bits per heavy atom. The summed E-state index contributed by atoms with van der Waals surface area (Å²) >= 11 is 0. The standard InChI is InChI=1S/C34H48NO5/c1-33-13-10-22(36)17-21(33)6-7-23-24-8-9-26(34(24,2)14-11-25(23)33)28(37)18-27-30-20(12-15-35(27,3)4)16-29-31(32(30)38-5)40-19-39-29/h9,16,21-25,27,36H,6-8,10-15,17-19H2,1-5H3/q+1/t21-,22+,23-,24-,25-,27?,33-,34-/m0/s1. The van der Waals surface area contributed by atoms with E-state index < -0.39 is 0 Å². The maximum atomic E-state index is 14.4. The van der Waals surface area contributed by atoms with Gasteiger partial charge in [-0.15, -0.1) is 0 Å². The van der Waals surface area contributed by atoms with E-state index in [9.17, 15) is 9.90 Å². The Morgan fingerprint density at radius 1 is 1.12 bits per heavy atom. The Bertz CT molecular complexity index is 1250. The number of aliphatic hydroxyl groups excluding tert-OH is 1. The first kappa shape index (κ1) is 26.8. The topological polar surface area (TPSA) is 65.0 Å². The van der Waals surface area contributed by atoms with Crippen molar-refractivity contribution in [3.05, 3.63) is 28.8 Å². The fourth-order valence-corrected chi connectivity index (χ4v) is 10.6. The second-order valence-corrected chi connectivity index (χ2v) is 15.0. The molecule has 1 unspecified atom stereocenters. The first-order valence-electron chi connectivity index (χ1n) is 15.8. The summed E-state index contributed by atoms with van der Waals surface area (Å²) in [5.41, 5.74) is 3.79. The molecular weight excluding hydrogens is 502 g/mol. The third-order valence-electron chi connectivity index (χ3n) is 13.0. The molecule has 0 bridgehead atoms. The van der Waals surface area contributed by atoms with E-state index in [0.717, 1.165) is 78.1 Å². The van der Waals surface area contributed by atoms with E-state index in [2.05, 4.69) is 40.1 Å². The lowest BCUT2D eigenvalue weighted by Gasteiger charge is -2.60. The number of Topliss-reactive ketones (excluding diaryl/α,β-unsaturated/α-hetero) is 1. The summed E-state index contributed by atoms with van der Waals surface area (Å²) in [5.74, 6) is 5.18. The molecule has 4 aliphatic carbocycles. The number of carbonyl (C=O) groups is 1. The molecule has 0 amide bonds. The number of methoxy groups -OCH3 is 1. The van der Waals surface area contributed by atoms with Crippen LogP contribution in [0.25, 0.3) is 0 Å². The average molecular weight is 551 g/mol. The molecule has 3 saturated carbocycles. The smallest absolute Gasteiger partial charge is 0.231 e. The molecule has 40 heavy (non-hydrogen) atoms. The van der Waals surface area contributed by atoms with Crippen LogP contribution in [0.5, 0.6) is 17.2 Å². The van der Waals surface area contributed by atoms with Gasteiger partial charge in [0.1, 0.15) is 6.04 Å². The highest BCUT2D eigenvalue weighted by Crippen LogP contribution is 2.66. The molecule has 7 rings (SSSR count). The van der Waals surface area contributed by atoms with Gasteiger partial charge < -0.3 is 23.8 Å². The highest BCUT2D eigenvalue weighted by Gasteiger charge is 2.59. The van der Waals surface area contributed by atoms with Gasteiger partial charge in [-0.2, -0.15) is 0 Å². The molecular formula is C34H48NO5+. The van der Waals surface area contributed by atoms with Crippen molar-refractivity contribution in [3.63, 3.8) is 0 Å². The first-order chi connectivity index (χ1) is 19.1. The third kappa shape index (κ3) is 3.77. The Balaban J connectivity index is 1.16. The zero-order valence-corrected chi connectivity index (χ0v) is 25.1. The summed E-state index contributed by atoms with van der Waals surface area (Å²) in [5, 5.41) is 10.4. The largest absolute Gasteiger partial charge is 0.492 e. The van der Waals surface area contributed by atoms with Gasteiger partial charge in [0.25, 0.3) is 0 Å². The summed E-state index contributed by atoms with van der Waals surface area (Å²) in [6.45, 7) is 6.14. The van der Waals surface area contributed by atoms with Crippen LogP contribution in [0, 0.1) is 34.5 Å². The van der Waals surface area contributed by atoms with Crippen LogP contribution in [-0.2, 0) is 11.2 Å². The van der Waals surface area contributed by atoms with Crippen LogP contribution in [0.4, 0.5) is 0 Å². The number of nitrogens with zero attached hydrogens (tertiary/aromatic N) is 1. The van der Waals surface area contributed by atoms with Crippen molar-refractivity contribution < 1.29 is 28.6 Å². The van der Waals surface area contributed by atoms with Crippen molar-refractivity contribution in [2.45, 2.75) is 90.2 Å². The van der Waals surface area contributed by atoms with Gasteiger partial charge in [0.15, 0.2) is 17.3 Å². The number of hydrogen-bond donors (Lipinski definition) is 1. The van der Waals surface area contributed by atoms with Crippen LogP contribution in [-0.4, -0.2) is 56.0 Å². The van der Waals surface area contributed by atoms with E-state index >= 15 is 0 Å². The molecule has 6 heteroatoms. The number of ether oxygens (including phenoxy) is 3. The van der Waals surface area contributed by atoms with Crippen LogP contribution in [0.3, 0.4) is 0 Å². The number of benzene rings is 1. The number of quaternary nitrogens is 1. The van der Waals surface area contributed by atoms with E-state index in [-0.39, 0.29) is 24.4 Å². The summed E-state index contributed by atoms with van der Waals surface area (Å²) < 4.78 is 18.3. The van der Waals surface area contributed by atoms with Crippen molar-refractivity contribution >= 4 is 5.78 Å². The molecule has 6 aliphatic rings. The maximum Gasteiger partial charge on any atom is 0.231 e. The van der Waals surface area contributed by atoms with Gasteiger partial charge in [0.05, 0.1) is 45.8 Å². The molecule has 0 spiro atoms. The summed E-state index contributed by atoms with van der Waals surface area (Å²) in [7, 11) is 6.21. The predicted molar refractivity (Wildman–Crippen MR) is 153 cm³/mol. The van der Waals surface area contributed by atoms with Crippen molar-refractivity contribution in [3.8, 4) is 17.2 Å². The number of aliphatic hydroxyl groups is 1. The van der Waals surface area contributed by atoms with Crippen LogP contribution < -0.4 is 14.2 Å². The quantitative estimate of drug-likeness (QED) is 0.466. The molecule has 2 aliphatic heterocycles. The maximum absolute atomic E-state index is 14.4. The highest BCUT2D eigenvalue weighted by molar-refractivity contribution is 5.97. The van der Waals surface area contributed by atoms with Crippen LogP contribution >= 0.6 is 0 Å². The number of allylic oxidation sites excluding steroid dienone is 2. The van der Waals surface area contributed by atoms with E-state index in [0.29, 0.717) is 41.1 Å². The molecule has 0 aromatic heterocycles. The predicted octanol–water partition coefficient (Wildman–Crippen LogP) is 6.00. The third-order valence-corrected chi connectivity index (χ3v) is 13.0. The summed E-state index contributed by atoms with van der Waals surface area (Å²) in [6, 6.07) is 2.13. The summed E-state index contributed by atoms with van der Waals surface area (Å²) in [6.07, 6.45) is 12.7. The Labute approximate surface area is 239 Å². The molecule has 2 heterocycles. The first-order valence-corrected chi connectivity index (χ1v) is 15.8. The second-order valence-electron chi connectivity index (χ2n) is 15.0. The van der Waals surface area contributed by atoms with Crippen LogP contribution in [0.2, 0.25) is 0 Å². The normalized spacial score (nSPS) is 40.8. The average Bonchev–Trinajstić information content (AvgIpc) is 3.53. The lowest BCUT2D eigenvalue weighted by atomic mass is 9.44. The van der Waals surface area contributed by atoms with Gasteiger partial charge in [-0.1, -0.05) is 19.9 Å². The van der Waals surface area contributed by atoms with Crippen molar-refractivity contribution in [2.75, 3.05) is 34.5 Å². The fourth-order valence-electron chi connectivity index (χ4n) is 10.6. The number of hydrogen-bond acceptors (Lipinski definition) is 5. The van der Waals surface area contributed by atoms with Gasteiger partial charge in [0.2, 0.25) is 12.5 Å². The van der Waals surface area contributed by atoms with Gasteiger partial charge in [-0.25, -0.2) is 0 Å². The van der Waals surface area contributed by atoms with E-state index in [1.54, 1.807) is 7.11 Å². The summed E-state index contributed by atoms with van der Waals surface area (Å²) in [4.78, 5) is 14.4. The van der Waals surface area contributed by atoms with Crippen molar-refractivity contribution in [1.29, 1.82) is 0 Å². The van der Waals surface area contributed by atoms with Crippen LogP contribution in [0.15, 0.2) is 17.7 Å². The highest BCUT2D eigenvalue weighted by atomic mass is 16.7. The van der Waals surface area contributed by atoms with Crippen LogP contribution in [0.1, 0.15) is 88.8 Å². The molecule has 6 nitrogen and oxygen atoms in total. The number of likely N-dealkylation sites (N-methyl/N-ethyl adjacent to an activating group) is 1. The van der Waals surface area contributed by atoms with E-state index in [4.69, 9.17) is 14.2 Å². The molecule has 0 saturated heterocycles. The Kier molecular flexibility index (Phi) is 6.19. The zero-order chi connectivity index (χ0) is 28.0. The fraction of sp³-hybridized carbons (Fsp3) is 0.735. The monoisotopic (exact) mass is 550 g/mol. The molecule has 8 atom stereocenters. The van der Waals surface area contributed by atoms with Crippen molar-refractivity contribution in [1.82, 2.24) is 0 Å². The minimum absolute atomic E-state index is 0.0172. The number of fused-ring (bicyclic) bond motifs is 7. The zero-order valence-electron chi connectivity index (χ0n) is 25.1. The molecule has 0 radical (unpaired) electrons. The second kappa shape index (κ2) is 9.22. The number of carbonyl (C=O) groups excluding carboxylic acids is 1. The Hall–Kier alpha value is -2.05. The van der Waals surface area contributed by atoms with Gasteiger partial charge in [-0.3, -0.25) is 4.79 Å².